The summed E-state index contributed by atoms with van der Waals surface area (Å²) < 4.78 is 11.4. The summed E-state index contributed by atoms with van der Waals surface area (Å²) in [5, 5.41) is 3.09. The minimum absolute atomic E-state index is 0.0514. The van der Waals surface area contributed by atoms with Gasteiger partial charge < -0.3 is 14.8 Å². The second-order valence-electron chi connectivity index (χ2n) is 6.01. The van der Waals surface area contributed by atoms with Gasteiger partial charge in [-0.2, -0.15) is 0 Å². The molecule has 1 amide bonds. The third-order valence-corrected chi connectivity index (χ3v) is 3.92. The van der Waals surface area contributed by atoms with Crippen molar-refractivity contribution in [2.45, 2.75) is 26.0 Å². The van der Waals surface area contributed by atoms with Crippen molar-refractivity contribution in [1.82, 2.24) is 5.32 Å². The van der Waals surface area contributed by atoms with Crippen LogP contribution in [0.25, 0.3) is 0 Å². The van der Waals surface area contributed by atoms with Gasteiger partial charge in [-0.3, -0.25) is 4.79 Å². The number of carbonyl (C=O) groups is 1. The molecule has 2 atom stereocenters. The Morgan fingerprint density at radius 1 is 1.04 bits per heavy atom. The van der Waals surface area contributed by atoms with Crippen LogP contribution < -0.4 is 14.8 Å². The summed E-state index contributed by atoms with van der Waals surface area (Å²) in [4.78, 5) is 12.6. The van der Waals surface area contributed by atoms with Gasteiger partial charge in [0.25, 0.3) is 5.91 Å². The van der Waals surface area contributed by atoms with E-state index in [9.17, 15) is 4.79 Å². The second-order valence-corrected chi connectivity index (χ2v) is 6.01. The van der Waals surface area contributed by atoms with E-state index in [4.69, 9.17) is 9.47 Å². The molecule has 0 bridgehead atoms. The van der Waals surface area contributed by atoms with Gasteiger partial charge in [-0.05, 0) is 23.6 Å². The molecule has 0 radical (unpaired) electrons. The fourth-order valence-electron chi connectivity index (χ4n) is 2.69. The van der Waals surface area contributed by atoms with Gasteiger partial charge in [0.2, 0.25) is 6.10 Å². The fourth-order valence-corrected chi connectivity index (χ4v) is 2.69. The molecule has 4 nitrogen and oxygen atoms in total. The number of ether oxygens (including phenoxy) is 2. The average Bonchev–Trinajstić information content (AvgIpc) is 2.59. The first kappa shape index (κ1) is 15.4. The van der Waals surface area contributed by atoms with Crippen LogP contribution in [0.2, 0.25) is 0 Å². The number of nitrogens with one attached hydrogen (secondary N) is 1. The highest BCUT2D eigenvalue weighted by atomic mass is 16.6. The molecular formula is C19H21NO3. The van der Waals surface area contributed by atoms with E-state index < -0.39 is 6.10 Å². The third kappa shape index (κ3) is 3.47. The van der Waals surface area contributed by atoms with E-state index in [1.165, 1.54) is 0 Å². The van der Waals surface area contributed by atoms with Crippen molar-refractivity contribution >= 4 is 5.91 Å². The van der Waals surface area contributed by atoms with Crippen LogP contribution in [0, 0.1) is 5.92 Å². The van der Waals surface area contributed by atoms with Crippen LogP contribution in [0.15, 0.2) is 54.6 Å². The SMILES string of the molecule is CC(C)[C@H](NC(=O)[C@H]1COc2ccccc2O1)c1ccccc1. The summed E-state index contributed by atoms with van der Waals surface area (Å²) in [5.74, 6) is 1.42. The molecule has 0 fully saturated rings. The molecule has 1 aliphatic heterocycles. The van der Waals surface area contributed by atoms with Gasteiger partial charge in [0, 0.05) is 0 Å². The van der Waals surface area contributed by atoms with Crippen molar-refractivity contribution in [3.63, 3.8) is 0 Å². The summed E-state index contributed by atoms with van der Waals surface area (Å²) in [5.41, 5.74) is 1.09. The molecule has 23 heavy (non-hydrogen) atoms. The Morgan fingerprint density at radius 2 is 1.70 bits per heavy atom. The predicted octanol–water partition coefficient (Wildman–Crippen LogP) is 3.34. The molecule has 2 aromatic carbocycles. The Bertz CT molecular complexity index is 669. The zero-order valence-corrected chi connectivity index (χ0v) is 13.4. The van der Waals surface area contributed by atoms with Crippen molar-refractivity contribution in [3.05, 3.63) is 60.2 Å². The average molecular weight is 311 g/mol. The Labute approximate surface area is 136 Å². The molecule has 1 aliphatic rings. The first-order valence-corrected chi connectivity index (χ1v) is 7.89. The van der Waals surface area contributed by atoms with Crippen LogP contribution in [0.3, 0.4) is 0 Å². The van der Waals surface area contributed by atoms with Crippen LogP contribution in [0.4, 0.5) is 0 Å². The third-order valence-electron chi connectivity index (χ3n) is 3.92. The number of amides is 1. The minimum atomic E-state index is -0.630. The number of para-hydroxylation sites is 2. The van der Waals surface area contributed by atoms with Crippen LogP contribution in [0.5, 0.6) is 11.5 Å². The largest absolute Gasteiger partial charge is 0.485 e. The summed E-state index contributed by atoms with van der Waals surface area (Å²) in [6, 6.07) is 17.3. The zero-order chi connectivity index (χ0) is 16.2. The molecule has 1 heterocycles. The number of carbonyl (C=O) groups excluding carboxylic acids is 1. The molecule has 2 aromatic rings. The van der Waals surface area contributed by atoms with Crippen molar-refractivity contribution in [3.8, 4) is 11.5 Å². The van der Waals surface area contributed by atoms with Gasteiger partial charge in [-0.25, -0.2) is 0 Å². The first-order chi connectivity index (χ1) is 11.1. The lowest BCUT2D eigenvalue weighted by Gasteiger charge is -2.29. The maximum atomic E-state index is 12.6. The molecular weight excluding hydrogens is 290 g/mol. The van der Waals surface area contributed by atoms with Gasteiger partial charge in [-0.15, -0.1) is 0 Å². The van der Waals surface area contributed by atoms with E-state index in [1.807, 2.05) is 54.6 Å². The first-order valence-electron chi connectivity index (χ1n) is 7.89. The minimum Gasteiger partial charge on any atom is -0.485 e. The smallest absolute Gasteiger partial charge is 0.265 e. The van der Waals surface area contributed by atoms with Crippen LogP contribution >= 0.6 is 0 Å². The Morgan fingerprint density at radius 3 is 2.39 bits per heavy atom. The molecule has 0 aliphatic carbocycles. The maximum Gasteiger partial charge on any atom is 0.265 e. The number of hydrogen-bond acceptors (Lipinski definition) is 3. The summed E-state index contributed by atoms with van der Waals surface area (Å²) >= 11 is 0. The van der Waals surface area contributed by atoms with Gasteiger partial charge in [0.05, 0.1) is 6.04 Å². The van der Waals surface area contributed by atoms with Crippen LogP contribution in [-0.4, -0.2) is 18.6 Å². The quantitative estimate of drug-likeness (QED) is 0.942. The molecule has 0 spiro atoms. The summed E-state index contributed by atoms with van der Waals surface area (Å²) in [6.07, 6.45) is -0.630. The van der Waals surface area contributed by atoms with E-state index in [2.05, 4.69) is 19.2 Å². The predicted molar refractivity (Wildman–Crippen MR) is 88.5 cm³/mol. The topological polar surface area (TPSA) is 47.6 Å². The van der Waals surface area contributed by atoms with Crippen molar-refractivity contribution in [2.24, 2.45) is 5.92 Å². The van der Waals surface area contributed by atoms with Gasteiger partial charge in [0.15, 0.2) is 11.5 Å². The number of rotatable bonds is 4. The van der Waals surface area contributed by atoms with Crippen molar-refractivity contribution in [1.29, 1.82) is 0 Å². The van der Waals surface area contributed by atoms with E-state index >= 15 is 0 Å². The Hall–Kier alpha value is -2.49. The van der Waals surface area contributed by atoms with Crippen molar-refractivity contribution < 1.29 is 14.3 Å². The molecule has 3 rings (SSSR count). The number of benzene rings is 2. The standard InChI is InChI=1S/C19H21NO3/c1-13(2)18(14-8-4-3-5-9-14)20-19(21)17-12-22-15-10-6-7-11-16(15)23-17/h3-11,13,17-18H,12H2,1-2H3,(H,20,21)/t17-,18+/m1/s1. The van der Waals surface area contributed by atoms with Gasteiger partial charge >= 0.3 is 0 Å². The molecule has 0 aromatic heterocycles. The van der Waals surface area contributed by atoms with Crippen LogP contribution in [0.1, 0.15) is 25.5 Å². The molecule has 1 N–H and O–H groups in total. The van der Waals surface area contributed by atoms with E-state index in [0.29, 0.717) is 11.5 Å². The lowest BCUT2D eigenvalue weighted by atomic mass is 9.96. The van der Waals surface area contributed by atoms with Crippen molar-refractivity contribution in [2.75, 3.05) is 6.61 Å². The highest BCUT2D eigenvalue weighted by Crippen LogP contribution is 2.31. The second kappa shape index (κ2) is 6.73. The zero-order valence-electron chi connectivity index (χ0n) is 13.4. The number of hydrogen-bond donors (Lipinski definition) is 1. The highest BCUT2D eigenvalue weighted by molar-refractivity contribution is 5.82. The van der Waals surface area contributed by atoms with Gasteiger partial charge in [-0.1, -0.05) is 56.3 Å². The summed E-state index contributed by atoms with van der Waals surface area (Å²) in [6.45, 7) is 4.40. The Balaban J connectivity index is 1.71. The molecule has 120 valence electrons. The lowest BCUT2D eigenvalue weighted by molar-refractivity contribution is -0.131. The lowest BCUT2D eigenvalue weighted by Crippen LogP contribution is -2.46. The fraction of sp³-hybridized carbons (Fsp3) is 0.316. The monoisotopic (exact) mass is 311 g/mol. The molecule has 0 unspecified atom stereocenters. The Kier molecular flexibility index (Phi) is 4.51. The van der Waals surface area contributed by atoms with E-state index in [1.54, 1.807) is 0 Å². The van der Waals surface area contributed by atoms with E-state index in [-0.39, 0.29) is 24.5 Å². The molecule has 4 heteroatoms. The van der Waals surface area contributed by atoms with Crippen LogP contribution in [-0.2, 0) is 4.79 Å². The molecule has 0 saturated carbocycles. The molecule has 0 saturated heterocycles. The highest BCUT2D eigenvalue weighted by Gasteiger charge is 2.29. The maximum absolute atomic E-state index is 12.6. The van der Waals surface area contributed by atoms with Gasteiger partial charge in [0.1, 0.15) is 6.61 Å². The van der Waals surface area contributed by atoms with E-state index in [0.717, 1.165) is 5.56 Å². The normalized spacial score (nSPS) is 17.6. The number of fused-ring (bicyclic) bond motifs is 1. The summed E-state index contributed by atoms with van der Waals surface area (Å²) in [7, 11) is 0.